The van der Waals surface area contributed by atoms with Crippen LogP contribution in [-0.4, -0.2) is 32.7 Å². The number of carbonyl (C=O) groups excluding carboxylic acids is 1. The van der Waals surface area contributed by atoms with Crippen LogP contribution >= 0.6 is 0 Å². The number of terminal acetylenes is 1. The number of nitrogens with two attached hydrogens (primary N) is 1. The van der Waals surface area contributed by atoms with Crippen molar-refractivity contribution in [3.63, 3.8) is 0 Å². The number of hydrogen-bond donors (Lipinski definition) is 2. The zero-order chi connectivity index (χ0) is 22.0. The summed E-state index contributed by atoms with van der Waals surface area (Å²) in [6.07, 6.45) is 16.1. The Balaban J connectivity index is 0.00000112. The standard InChI is InChI=1S/C22H20FN5O.C2H2/c23-18-6-3-7-19(18)27-21-17(22(24)29)11-26-28-12-14(8-20(21)28)16-10-25-9-13-4-1-2-5-15(13)16;1-2/h1-2,4-5,8-12,18-19,27H,3,6-7H2,(H2,24,29);1-2H/t18-,19+;/m0./s1. The lowest BCUT2D eigenvalue weighted by atomic mass is 10.0. The monoisotopic (exact) mass is 415 g/mol. The number of carbonyl (C=O) groups is 1. The summed E-state index contributed by atoms with van der Waals surface area (Å²) >= 11 is 0. The zero-order valence-electron chi connectivity index (χ0n) is 16.8. The van der Waals surface area contributed by atoms with Crippen LogP contribution in [0.25, 0.3) is 27.4 Å². The third-order valence-corrected chi connectivity index (χ3v) is 5.64. The number of primary amides is 1. The van der Waals surface area contributed by atoms with E-state index in [2.05, 4.69) is 28.2 Å². The van der Waals surface area contributed by atoms with Crippen LogP contribution in [0.2, 0.25) is 0 Å². The highest BCUT2D eigenvalue weighted by molar-refractivity contribution is 6.03. The number of anilines is 1. The number of aromatic nitrogens is 3. The molecule has 6 nitrogen and oxygen atoms in total. The molecule has 1 saturated carbocycles. The Morgan fingerprint density at radius 3 is 2.74 bits per heavy atom. The van der Waals surface area contributed by atoms with Crippen molar-refractivity contribution in [2.24, 2.45) is 5.73 Å². The lowest BCUT2D eigenvalue weighted by Crippen LogP contribution is -2.27. The summed E-state index contributed by atoms with van der Waals surface area (Å²) in [7, 11) is 0. The molecule has 1 amide bonds. The fourth-order valence-corrected chi connectivity index (χ4v) is 4.15. The van der Waals surface area contributed by atoms with Crippen LogP contribution < -0.4 is 11.1 Å². The van der Waals surface area contributed by atoms with Crippen molar-refractivity contribution in [2.75, 3.05) is 5.32 Å². The number of fused-ring (bicyclic) bond motifs is 2. The molecule has 0 aliphatic heterocycles. The van der Waals surface area contributed by atoms with Crippen LogP contribution in [-0.2, 0) is 0 Å². The number of benzene rings is 1. The SMILES string of the molecule is C#C.NC(=O)c1cnn2cc(-c3cncc4ccccc34)cc2c1N[C@@H]1CCC[C@@H]1F. The molecule has 5 rings (SSSR count). The highest BCUT2D eigenvalue weighted by atomic mass is 19.1. The molecule has 0 saturated heterocycles. The van der Waals surface area contributed by atoms with Crippen LogP contribution in [0.1, 0.15) is 29.6 Å². The van der Waals surface area contributed by atoms with Gasteiger partial charge in [0.15, 0.2) is 0 Å². The van der Waals surface area contributed by atoms with Gasteiger partial charge in [-0.05, 0) is 30.7 Å². The molecule has 7 heteroatoms. The first kappa shape index (κ1) is 20.4. The van der Waals surface area contributed by atoms with Crippen LogP contribution in [0.15, 0.2) is 55.1 Å². The first-order valence-electron chi connectivity index (χ1n) is 10.00. The van der Waals surface area contributed by atoms with E-state index in [9.17, 15) is 9.18 Å². The fourth-order valence-electron chi connectivity index (χ4n) is 4.15. The van der Waals surface area contributed by atoms with Crippen LogP contribution in [0.4, 0.5) is 10.1 Å². The molecule has 0 bridgehead atoms. The largest absolute Gasteiger partial charge is 0.377 e. The smallest absolute Gasteiger partial charge is 0.252 e. The third kappa shape index (κ3) is 3.68. The maximum atomic E-state index is 14.2. The van der Waals surface area contributed by atoms with Crippen molar-refractivity contribution in [3.8, 4) is 24.0 Å². The van der Waals surface area contributed by atoms with E-state index in [1.807, 2.05) is 48.9 Å². The summed E-state index contributed by atoms with van der Waals surface area (Å²) in [5, 5.41) is 9.69. The first-order valence-corrected chi connectivity index (χ1v) is 10.00. The predicted molar refractivity (Wildman–Crippen MR) is 120 cm³/mol. The molecular formula is C24H22FN5O. The van der Waals surface area contributed by atoms with Gasteiger partial charge in [0, 0.05) is 35.1 Å². The molecule has 1 fully saturated rings. The van der Waals surface area contributed by atoms with Gasteiger partial charge in [0.25, 0.3) is 5.91 Å². The number of alkyl halides is 1. The normalized spacial score (nSPS) is 17.9. The van der Waals surface area contributed by atoms with E-state index in [4.69, 9.17) is 5.73 Å². The van der Waals surface area contributed by atoms with E-state index >= 15 is 0 Å². The molecule has 1 aliphatic rings. The topological polar surface area (TPSA) is 85.3 Å². The van der Waals surface area contributed by atoms with Crippen molar-refractivity contribution in [2.45, 2.75) is 31.5 Å². The highest BCUT2D eigenvalue weighted by Crippen LogP contribution is 2.34. The van der Waals surface area contributed by atoms with Crippen LogP contribution in [0, 0.1) is 12.8 Å². The van der Waals surface area contributed by atoms with Gasteiger partial charge in [-0.2, -0.15) is 5.10 Å². The zero-order valence-corrected chi connectivity index (χ0v) is 16.8. The summed E-state index contributed by atoms with van der Waals surface area (Å²) < 4.78 is 15.9. The summed E-state index contributed by atoms with van der Waals surface area (Å²) in [4.78, 5) is 16.4. The van der Waals surface area contributed by atoms with Crippen molar-refractivity contribution in [1.82, 2.24) is 14.6 Å². The van der Waals surface area contributed by atoms with Crippen molar-refractivity contribution in [3.05, 3.63) is 60.7 Å². The molecule has 2 atom stereocenters. The van der Waals surface area contributed by atoms with Crippen LogP contribution in [0.3, 0.4) is 0 Å². The second-order valence-corrected chi connectivity index (χ2v) is 7.46. The molecular weight excluding hydrogens is 393 g/mol. The van der Waals surface area contributed by atoms with Gasteiger partial charge in [0.05, 0.1) is 29.0 Å². The number of hydrogen-bond acceptors (Lipinski definition) is 4. The molecule has 1 aromatic carbocycles. The van der Waals surface area contributed by atoms with Crippen molar-refractivity contribution in [1.29, 1.82) is 0 Å². The van der Waals surface area contributed by atoms with Crippen molar-refractivity contribution < 1.29 is 9.18 Å². The van der Waals surface area contributed by atoms with Gasteiger partial charge in [0.2, 0.25) is 0 Å². The molecule has 3 N–H and O–H groups in total. The Hall–Kier alpha value is -3.92. The van der Waals surface area contributed by atoms with Gasteiger partial charge < -0.3 is 11.1 Å². The average Bonchev–Trinajstić information content (AvgIpc) is 3.41. The Morgan fingerprint density at radius 2 is 2.00 bits per heavy atom. The quantitative estimate of drug-likeness (QED) is 0.489. The van der Waals surface area contributed by atoms with Gasteiger partial charge in [-0.1, -0.05) is 24.3 Å². The fraction of sp³-hybridized carbons (Fsp3) is 0.208. The third-order valence-electron chi connectivity index (χ3n) is 5.64. The van der Waals surface area contributed by atoms with E-state index in [0.29, 0.717) is 24.0 Å². The maximum Gasteiger partial charge on any atom is 0.252 e. The van der Waals surface area contributed by atoms with Crippen molar-refractivity contribution >= 4 is 27.9 Å². The highest BCUT2D eigenvalue weighted by Gasteiger charge is 2.29. The number of halogens is 1. The van der Waals surface area contributed by atoms with Gasteiger partial charge in [-0.3, -0.25) is 9.78 Å². The first-order chi connectivity index (χ1) is 15.1. The molecule has 1 aliphatic carbocycles. The van der Waals surface area contributed by atoms with Gasteiger partial charge in [0.1, 0.15) is 6.17 Å². The Bertz CT molecular complexity index is 1270. The summed E-state index contributed by atoms with van der Waals surface area (Å²) in [6.45, 7) is 0. The van der Waals surface area contributed by atoms with Gasteiger partial charge in [-0.15, -0.1) is 12.8 Å². The van der Waals surface area contributed by atoms with Gasteiger partial charge in [-0.25, -0.2) is 8.91 Å². The van der Waals surface area contributed by atoms with E-state index in [-0.39, 0.29) is 11.6 Å². The van der Waals surface area contributed by atoms with E-state index in [1.54, 1.807) is 4.52 Å². The molecule has 0 unspecified atom stereocenters. The lowest BCUT2D eigenvalue weighted by molar-refractivity contribution is 0.100. The summed E-state index contributed by atoms with van der Waals surface area (Å²) in [6, 6.07) is 9.62. The number of pyridine rings is 1. The van der Waals surface area contributed by atoms with Crippen LogP contribution in [0.5, 0.6) is 0 Å². The number of nitrogens with one attached hydrogen (secondary N) is 1. The Morgan fingerprint density at radius 1 is 1.19 bits per heavy atom. The number of rotatable bonds is 4. The number of amides is 1. The summed E-state index contributed by atoms with van der Waals surface area (Å²) in [5.41, 5.74) is 8.92. The minimum atomic E-state index is -0.944. The van der Waals surface area contributed by atoms with E-state index < -0.39 is 12.1 Å². The maximum absolute atomic E-state index is 14.2. The number of nitrogens with zero attached hydrogens (tertiary/aromatic N) is 3. The summed E-state index contributed by atoms with van der Waals surface area (Å²) in [5.74, 6) is -0.592. The lowest BCUT2D eigenvalue weighted by Gasteiger charge is -2.19. The second kappa shape index (κ2) is 8.44. The molecule has 156 valence electrons. The Kier molecular flexibility index (Phi) is 5.54. The second-order valence-electron chi connectivity index (χ2n) is 7.46. The minimum absolute atomic E-state index is 0.261. The predicted octanol–water partition coefficient (Wildman–Crippen LogP) is 4.20. The van der Waals surface area contributed by atoms with Gasteiger partial charge >= 0.3 is 0 Å². The van der Waals surface area contributed by atoms with E-state index in [0.717, 1.165) is 28.3 Å². The van der Waals surface area contributed by atoms with E-state index in [1.165, 1.54) is 6.20 Å². The molecule has 31 heavy (non-hydrogen) atoms. The molecule has 4 aromatic rings. The molecule has 3 heterocycles. The Labute approximate surface area is 179 Å². The molecule has 0 spiro atoms. The minimum Gasteiger partial charge on any atom is -0.377 e. The average molecular weight is 415 g/mol. The molecule has 0 radical (unpaired) electrons. The molecule has 3 aromatic heterocycles.